The van der Waals surface area contributed by atoms with Crippen molar-refractivity contribution >= 4 is 38.8 Å². The molecule has 25 heavy (non-hydrogen) atoms. The summed E-state index contributed by atoms with van der Waals surface area (Å²) in [5.41, 5.74) is 2.14. The minimum Gasteiger partial charge on any atom is -0.354 e. The van der Waals surface area contributed by atoms with E-state index in [9.17, 15) is 13.2 Å². The van der Waals surface area contributed by atoms with E-state index in [1.807, 2.05) is 6.07 Å². The second-order valence-corrected chi connectivity index (χ2v) is 7.72. The van der Waals surface area contributed by atoms with Crippen molar-refractivity contribution in [2.45, 2.75) is 6.92 Å². The number of hydrogen-bond donors (Lipinski definition) is 1. The van der Waals surface area contributed by atoms with Crippen molar-refractivity contribution in [3.05, 3.63) is 69.6 Å². The number of sulfonamides is 1. The molecule has 0 aromatic heterocycles. The van der Waals surface area contributed by atoms with Crippen LogP contribution in [0.15, 0.2) is 53.4 Å². The molecule has 0 unspecified atom stereocenters. The molecule has 1 aliphatic rings. The van der Waals surface area contributed by atoms with Gasteiger partial charge in [-0.25, -0.2) is 8.42 Å². The summed E-state index contributed by atoms with van der Waals surface area (Å²) in [4.78, 5) is 12.2. The number of benzene rings is 2. The second kappa shape index (κ2) is 6.54. The lowest BCUT2D eigenvalue weighted by Crippen LogP contribution is -2.40. The molecule has 0 atom stereocenters. The molecular weight excluding hydrogens is 360 g/mol. The number of anilines is 1. The zero-order valence-electron chi connectivity index (χ0n) is 13.8. The Kier molecular flexibility index (Phi) is 4.58. The minimum absolute atomic E-state index is 0.208. The summed E-state index contributed by atoms with van der Waals surface area (Å²) in [5.74, 6) is -0.650. The van der Waals surface area contributed by atoms with Gasteiger partial charge in [-0.2, -0.15) is 0 Å². The number of carbonyl (C=O) groups is 1. The van der Waals surface area contributed by atoms with Crippen LogP contribution in [0.2, 0.25) is 5.02 Å². The Hall–Kier alpha value is -2.31. The summed E-state index contributed by atoms with van der Waals surface area (Å²) >= 11 is 6.16. The lowest BCUT2D eigenvalue weighted by Gasteiger charge is -2.32. The number of fused-ring (bicyclic) bond motifs is 1. The number of carbonyl (C=O) groups excluding carboxylic acids is 1. The van der Waals surface area contributed by atoms with Gasteiger partial charge in [-0.15, -0.1) is 0 Å². The predicted octanol–water partition coefficient (Wildman–Crippen LogP) is 3.02. The Balaban J connectivity index is 2.48. The molecule has 1 heterocycles. The van der Waals surface area contributed by atoms with Crippen LogP contribution in [-0.4, -0.2) is 27.9 Å². The number of likely N-dealkylation sites (N-methyl/N-ethyl adjacent to an activating group) is 1. The Morgan fingerprint density at radius 2 is 1.84 bits per heavy atom. The quantitative estimate of drug-likeness (QED) is 0.895. The van der Waals surface area contributed by atoms with Gasteiger partial charge in [-0.1, -0.05) is 41.9 Å². The van der Waals surface area contributed by atoms with Crippen LogP contribution in [0.5, 0.6) is 0 Å². The van der Waals surface area contributed by atoms with Crippen molar-refractivity contribution in [2.75, 3.05) is 17.9 Å². The molecule has 0 saturated heterocycles. The number of hydrogen-bond acceptors (Lipinski definition) is 3. The van der Waals surface area contributed by atoms with Gasteiger partial charge in [0.15, 0.2) is 4.91 Å². The van der Waals surface area contributed by atoms with E-state index in [1.54, 1.807) is 49.4 Å². The Morgan fingerprint density at radius 1 is 1.16 bits per heavy atom. The van der Waals surface area contributed by atoms with E-state index in [0.717, 1.165) is 0 Å². The summed E-state index contributed by atoms with van der Waals surface area (Å²) in [5, 5.41) is 2.92. The van der Waals surface area contributed by atoms with Crippen LogP contribution in [0.25, 0.3) is 5.57 Å². The molecule has 2 aromatic rings. The Labute approximate surface area is 152 Å². The fraction of sp³-hybridized carbons (Fsp3) is 0.167. The van der Waals surface area contributed by atoms with Crippen molar-refractivity contribution in [3.63, 3.8) is 0 Å². The number of rotatable bonds is 3. The fourth-order valence-electron chi connectivity index (χ4n) is 2.99. The third-order valence-corrected chi connectivity index (χ3v) is 6.23. The van der Waals surface area contributed by atoms with Crippen molar-refractivity contribution < 1.29 is 13.2 Å². The fourth-order valence-corrected chi connectivity index (χ4v) is 4.97. The van der Waals surface area contributed by atoms with E-state index < -0.39 is 15.9 Å². The third-order valence-electron chi connectivity index (χ3n) is 4.05. The van der Waals surface area contributed by atoms with Gasteiger partial charge in [-0.3, -0.25) is 9.10 Å². The molecule has 7 heteroatoms. The van der Waals surface area contributed by atoms with Gasteiger partial charge in [0, 0.05) is 29.8 Å². The average molecular weight is 377 g/mol. The lowest BCUT2D eigenvalue weighted by molar-refractivity contribution is -0.116. The topological polar surface area (TPSA) is 66.5 Å². The smallest absolute Gasteiger partial charge is 0.270 e. The standard InChI is InChI=1S/C18H17ClN2O3S/c1-3-21-15-10-9-13(19)11-14(15)16(12-7-5-4-6-8-12)17(18(22)20-2)25(21,23)24/h4-11H,3H2,1-2H3,(H,20,22). The highest BCUT2D eigenvalue weighted by Crippen LogP contribution is 2.43. The van der Waals surface area contributed by atoms with Gasteiger partial charge < -0.3 is 5.32 Å². The first-order chi connectivity index (χ1) is 11.9. The molecule has 0 spiro atoms. The first-order valence-corrected chi connectivity index (χ1v) is 9.58. The Bertz CT molecular complexity index is 969. The van der Waals surface area contributed by atoms with E-state index in [4.69, 9.17) is 11.6 Å². The summed E-state index contributed by atoms with van der Waals surface area (Å²) in [6.07, 6.45) is 0. The van der Waals surface area contributed by atoms with Gasteiger partial charge in [0.25, 0.3) is 15.9 Å². The highest BCUT2D eigenvalue weighted by molar-refractivity contribution is 7.97. The van der Waals surface area contributed by atoms with Crippen molar-refractivity contribution in [2.24, 2.45) is 0 Å². The molecular formula is C18H17ClN2O3S. The van der Waals surface area contributed by atoms with E-state index >= 15 is 0 Å². The van der Waals surface area contributed by atoms with Crippen LogP contribution in [0, 0.1) is 0 Å². The number of nitrogens with one attached hydrogen (secondary N) is 1. The minimum atomic E-state index is -3.99. The van der Waals surface area contributed by atoms with Crippen molar-refractivity contribution in [1.82, 2.24) is 5.32 Å². The van der Waals surface area contributed by atoms with Gasteiger partial charge in [0.1, 0.15) is 0 Å². The van der Waals surface area contributed by atoms with Crippen molar-refractivity contribution in [3.8, 4) is 0 Å². The first-order valence-electron chi connectivity index (χ1n) is 7.76. The SMILES string of the molecule is CCN1c2ccc(Cl)cc2C(c2ccccc2)=C(C(=O)NC)S1(=O)=O. The maximum atomic E-state index is 13.2. The molecule has 5 nitrogen and oxygen atoms in total. The average Bonchev–Trinajstić information content (AvgIpc) is 2.60. The predicted molar refractivity (Wildman–Crippen MR) is 99.9 cm³/mol. The van der Waals surface area contributed by atoms with Crippen LogP contribution in [0.3, 0.4) is 0 Å². The highest BCUT2D eigenvalue weighted by Gasteiger charge is 2.40. The zero-order chi connectivity index (χ0) is 18.2. The van der Waals surface area contributed by atoms with Crippen LogP contribution < -0.4 is 9.62 Å². The Morgan fingerprint density at radius 3 is 2.44 bits per heavy atom. The number of halogens is 1. The van der Waals surface area contributed by atoms with Crippen LogP contribution >= 0.6 is 11.6 Å². The molecule has 0 bridgehead atoms. The van der Waals surface area contributed by atoms with Crippen LogP contribution in [0.1, 0.15) is 18.1 Å². The molecule has 130 valence electrons. The maximum Gasteiger partial charge on any atom is 0.270 e. The van der Waals surface area contributed by atoms with E-state index in [1.165, 1.54) is 11.4 Å². The number of amides is 1. The number of nitrogens with zero attached hydrogens (tertiary/aromatic N) is 1. The molecule has 0 saturated carbocycles. The van der Waals surface area contributed by atoms with Gasteiger partial charge >= 0.3 is 0 Å². The van der Waals surface area contributed by atoms with Crippen LogP contribution in [-0.2, 0) is 14.8 Å². The third kappa shape index (κ3) is 2.81. The molecule has 1 N–H and O–H groups in total. The first kappa shape index (κ1) is 17.5. The summed E-state index contributed by atoms with van der Waals surface area (Å²) < 4.78 is 27.5. The largest absolute Gasteiger partial charge is 0.354 e. The highest BCUT2D eigenvalue weighted by atomic mass is 35.5. The molecule has 1 amide bonds. The van der Waals surface area contributed by atoms with Gasteiger partial charge in [0.05, 0.1) is 5.69 Å². The molecule has 3 rings (SSSR count). The molecule has 1 aliphatic heterocycles. The maximum absolute atomic E-state index is 13.2. The normalized spacial score (nSPS) is 15.7. The molecule has 0 aliphatic carbocycles. The summed E-state index contributed by atoms with van der Waals surface area (Å²) in [7, 11) is -2.58. The van der Waals surface area contributed by atoms with E-state index in [0.29, 0.717) is 27.4 Å². The second-order valence-electron chi connectivity index (χ2n) is 5.48. The summed E-state index contributed by atoms with van der Waals surface area (Å²) in [6, 6.07) is 14.0. The van der Waals surface area contributed by atoms with Crippen molar-refractivity contribution in [1.29, 1.82) is 0 Å². The summed E-state index contributed by atoms with van der Waals surface area (Å²) in [6.45, 7) is 1.93. The molecule has 0 radical (unpaired) electrons. The molecule has 0 fully saturated rings. The van der Waals surface area contributed by atoms with E-state index in [2.05, 4.69) is 5.32 Å². The lowest BCUT2D eigenvalue weighted by atomic mass is 9.95. The van der Waals surface area contributed by atoms with Crippen LogP contribution in [0.4, 0.5) is 5.69 Å². The van der Waals surface area contributed by atoms with E-state index in [-0.39, 0.29) is 11.4 Å². The monoisotopic (exact) mass is 376 g/mol. The zero-order valence-corrected chi connectivity index (χ0v) is 15.4. The van der Waals surface area contributed by atoms with Gasteiger partial charge in [0.2, 0.25) is 0 Å². The van der Waals surface area contributed by atoms with Gasteiger partial charge in [-0.05, 0) is 30.7 Å². The molecule has 2 aromatic carbocycles.